The van der Waals surface area contributed by atoms with Gasteiger partial charge in [-0.2, -0.15) is 0 Å². The zero-order chi connectivity index (χ0) is 17.0. The van der Waals surface area contributed by atoms with E-state index >= 15 is 0 Å². The number of aryl methyl sites for hydroxylation is 1. The van der Waals surface area contributed by atoms with Gasteiger partial charge in [-0.3, -0.25) is 0 Å². The van der Waals surface area contributed by atoms with Crippen LogP contribution in [0.2, 0.25) is 0 Å². The van der Waals surface area contributed by atoms with Gasteiger partial charge >= 0.3 is 0 Å². The van der Waals surface area contributed by atoms with Crippen LogP contribution < -0.4 is 10.6 Å². The van der Waals surface area contributed by atoms with Crippen molar-refractivity contribution in [3.8, 4) is 0 Å². The molecule has 0 aliphatic carbocycles. The minimum atomic E-state index is -2.05. The number of hydrogen-bond donors (Lipinski definition) is 0. The molecule has 3 aromatic carbocycles. The first kappa shape index (κ1) is 17.6. The smallest absolute Gasteiger partial charge is 0.0756 e. The summed E-state index contributed by atoms with van der Waals surface area (Å²) >= 11 is 13.6. The molecular weight excluding hydrogens is 367 g/mol. The summed E-state index contributed by atoms with van der Waals surface area (Å²) in [7, 11) is 0. The molecule has 0 atom stereocenters. The summed E-state index contributed by atoms with van der Waals surface area (Å²) in [5.74, 6) is 0. The van der Waals surface area contributed by atoms with Crippen molar-refractivity contribution < 1.29 is 0 Å². The molecule has 0 heterocycles. The van der Waals surface area contributed by atoms with Gasteiger partial charge in [0.2, 0.25) is 0 Å². The van der Waals surface area contributed by atoms with E-state index in [-0.39, 0.29) is 0 Å². The van der Waals surface area contributed by atoms with Crippen LogP contribution in [0.1, 0.15) is 11.1 Å². The highest BCUT2D eigenvalue weighted by Gasteiger charge is 2.25. The minimum absolute atomic E-state index is 0.867. The lowest BCUT2D eigenvalue weighted by molar-refractivity contribution is 1.47. The second kappa shape index (κ2) is 7.76. The van der Waals surface area contributed by atoms with Gasteiger partial charge in [0, 0.05) is 0 Å². The topological polar surface area (TPSA) is 0 Å². The largest absolute Gasteiger partial charge is 0.0833 e. The Labute approximate surface area is 158 Å². The van der Waals surface area contributed by atoms with E-state index in [2.05, 4.69) is 79.7 Å². The second-order valence-corrected chi connectivity index (χ2v) is 13.4. The van der Waals surface area contributed by atoms with Crippen LogP contribution in [0.5, 0.6) is 0 Å². The van der Waals surface area contributed by atoms with Crippen molar-refractivity contribution in [2.75, 3.05) is 0 Å². The summed E-state index contributed by atoms with van der Waals surface area (Å²) in [5.41, 5.74) is 2.30. The van der Waals surface area contributed by atoms with Crippen LogP contribution in [-0.4, -0.2) is 4.20 Å². The molecule has 0 spiro atoms. The molecule has 0 radical (unpaired) electrons. The molecular formula is C20H17PS3. The van der Waals surface area contributed by atoms with Crippen LogP contribution in [0.15, 0.2) is 84.9 Å². The first-order chi connectivity index (χ1) is 11.6. The van der Waals surface area contributed by atoms with Gasteiger partial charge in [0.25, 0.3) is 0 Å². The zero-order valence-electron chi connectivity index (χ0n) is 13.3. The average molecular weight is 385 g/mol. The summed E-state index contributed by atoms with van der Waals surface area (Å²) in [6.45, 7) is 2.08. The monoisotopic (exact) mass is 384 g/mol. The van der Waals surface area contributed by atoms with Gasteiger partial charge in [-0.25, -0.2) is 0 Å². The van der Waals surface area contributed by atoms with Crippen LogP contribution >= 0.6 is 28.8 Å². The number of thiocarbonyl (C=S) groups is 1. The maximum absolute atomic E-state index is 6.22. The standard InChI is InChI=1S/C20H17PS3/c1-16-12-14-17(15-13-16)20(22)24-21(23,18-8-4-2-5-9-18)19-10-6-3-7-11-19/h2-15H,1H3. The van der Waals surface area contributed by atoms with Crippen LogP contribution in [-0.2, 0) is 11.8 Å². The molecule has 120 valence electrons. The summed E-state index contributed by atoms with van der Waals surface area (Å²) in [5, 5.41) is 0.323. The van der Waals surface area contributed by atoms with E-state index in [1.165, 1.54) is 16.2 Å². The predicted molar refractivity (Wildman–Crippen MR) is 117 cm³/mol. The molecule has 0 fully saturated rings. The lowest BCUT2D eigenvalue weighted by atomic mass is 10.2. The highest BCUT2D eigenvalue weighted by atomic mass is 32.9. The van der Waals surface area contributed by atoms with Gasteiger partial charge in [0.1, 0.15) is 0 Å². The quantitative estimate of drug-likeness (QED) is 0.434. The Morgan fingerprint density at radius 3 is 1.67 bits per heavy atom. The van der Waals surface area contributed by atoms with E-state index in [1.807, 2.05) is 12.1 Å². The Kier molecular flexibility index (Phi) is 5.68. The third-order valence-electron chi connectivity index (χ3n) is 3.69. The number of hydrogen-bond acceptors (Lipinski definition) is 3. The van der Waals surface area contributed by atoms with E-state index in [1.54, 1.807) is 11.4 Å². The summed E-state index contributed by atoms with van der Waals surface area (Å²) in [6, 6.07) is 29.1. The van der Waals surface area contributed by atoms with Crippen molar-refractivity contribution in [2.24, 2.45) is 0 Å². The molecule has 0 saturated heterocycles. The normalized spacial score (nSPS) is 11.2. The average Bonchev–Trinajstić information content (AvgIpc) is 2.63. The van der Waals surface area contributed by atoms with Crippen LogP contribution in [0, 0.1) is 6.92 Å². The number of benzene rings is 3. The molecule has 0 bridgehead atoms. The molecule has 3 rings (SSSR count). The highest BCUT2D eigenvalue weighted by Crippen LogP contribution is 2.58. The SMILES string of the molecule is Cc1ccc(C(=S)SP(=S)(c2ccccc2)c2ccccc2)cc1. The van der Waals surface area contributed by atoms with E-state index < -0.39 is 5.24 Å². The fraction of sp³-hybridized carbons (Fsp3) is 0.0500. The molecule has 0 aromatic heterocycles. The third kappa shape index (κ3) is 3.87. The van der Waals surface area contributed by atoms with Gasteiger partial charge in [0.15, 0.2) is 0 Å². The first-order valence-corrected chi connectivity index (χ1v) is 12.2. The van der Waals surface area contributed by atoms with Crippen LogP contribution in [0.4, 0.5) is 0 Å². The molecule has 4 heteroatoms. The summed E-state index contributed by atoms with van der Waals surface area (Å²) < 4.78 is 0.867. The van der Waals surface area contributed by atoms with Crippen LogP contribution in [0.25, 0.3) is 0 Å². The number of rotatable bonds is 4. The third-order valence-corrected chi connectivity index (χ3v) is 11.7. The van der Waals surface area contributed by atoms with E-state index in [4.69, 9.17) is 24.0 Å². The first-order valence-electron chi connectivity index (χ1n) is 7.61. The van der Waals surface area contributed by atoms with Gasteiger partial charge in [-0.1, -0.05) is 126 Å². The molecule has 0 saturated carbocycles. The maximum atomic E-state index is 6.22. The Morgan fingerprint density at radius 1 is 0.750 bits per heavy atom. The van der Waals surface area contributed by atoms with Crippen LogP contribution in [0.3, 0.4) is 0 Å². The molecule has 0 nitrogen and oxygen atoms in total. The Bertz CT molecular complexity index is 828. The fourth-order valence-corrected chi connectivity index (χ4v) is 9.82. The van der Waals surface area contributed by atoms with Gasteiger partial charge < -0.3 is 0 Å². The lowest BCUT2D eigenvalue weighted by Gasteiger charge is -2.23. The molecule has 0 N–H and O–H groups in total. The van der Waals surface area contributed by atoms with Crippen molar-refractivity contribution in [1.82, 2.24) is 0 Å². The molecule has 3 aromatic rings. The molecule has 0 aliphatic rings. The van der Waals surface area contributed by atoms with Gasteiger partial charge in [-0.05, 0) is 23.1 Å². The van der Waals surface area contributed by atoms with Gasteiger partial charge in [0.05, 0.1) is 9.44 Å². The maximum Gasteiger partial charge on any atom is 0.0833 e. The van der Waals surface area contributed by atoms with E-state index in [9.17, 15) is 0 Å². The highest BCUT2D eigenvalue weighted by molar-refractivity contribution is 8.81. The second-order valence-electron chi connectivity index (χ2n) is 5.47. The molecule has 0 aliphatic heterocycles. The molecule has 0 unspecified atom stereocenters. The minimum Gasteiger partial charge on any atom is -0.0756 e. The Morgan fingerprint density at radius 2 is 1.21 bits per heavy atom. The summed E-state index contributed by atoms with van der Waals surface area (Å²) in [4.78, 5) is 0. The van der Waals surface area contributed by atoms with Gasteiger partial charge in [-0.15, -0.1) is 0 Å². The van der Waals surface area contributed by atoms with Crippen molar-refractivity contribution in [1.29, 1.82) is 0 Å². The molecule has 24 heavy (non-hydrogen) atoms. The van der Waals surface area contributed by atoms with Crippen molar-refractivity contribution in [3.05, 3.63) is 96.1 Å². The lowest BCUT2D eigenvalue weighted by Crippen LogP contribution is -2.14. The zero-order valence-corrected chi connectivity index (χ0v) is 16.6. The van der Waals surface area contributed by atoms with Crippen molar-refractivity contribution >= 4 is 55.5 Å². The van der Waals surface area contributed by atoms with Crippen molar-refractivity contribution in [3.63, 3.8) is 0 Å². The Balaban J connectivity index is 2.02. The van der Waals surface area contributed by atoms with E-state index in [0.717, 1.165) is 9.76 Å². The van der Waals surface area contributed by atoms with Crippen molar-refractivity contribution in [2.45, 2.75) is 6.92 Å². The molecule has 0 amide bonds. The predicted octanol–water partition coefficient (Wildman–Crippen LogP) is 5.45. The summed E-state index contributed by atoms with van der Waals surface area (Å²) in [6.07, 6.45) is 0. The Hall–Kier alpha value is -1.25. The fourth-order valence-electron chi connectivity index (χ4n) is 2.36. The van der Waals surface area contributed by atoms with E-state index in [0.29, 0.717) is 0 Å².